The number of likely N-dealkylation sites (tertiary alicyclic amines) is 1. The molecule has 2 rings (SSSR count). The summed E-state index contributed by atoms with van der Waals surface area (Å²) in [5.41, 5.74) is 5.02. The van der Waals surface area contributed by atoms with Gasteiger partial charge in [0.05, 0.1) is 11.0 Å². The molecule has 0 radical (unpaired) electrons. The van der Waals surface area contributed by atoms with Crippen LogP contribution in [0.2, 0.25) is 5.15 Å². The van der Waals surface area contributed by atoms with E-state index in [9.17, 15) is 9.59 Å². The predicted molar refractivity (Wildman–Crippen MR) is 74.8 cm³/mol. The molecule has 1 aromatic rings. The van der Waals surface area contributed by atoms with Gasteiger partial charge in [0.15, 0.2) is 0 Å². The largest absolute Gasteiger partial charge is 0.369 e. The van der Waals surface area contributed by atoms with Crippen LogP contribution in [0.1, 0.15) is 23.7 Å². The summed E-state index contributed by atoms with van der Waals surface area (Å²) in [5, 5.41) is 0.154. The molecule has 0 aromatic carbocycles. The van der Waals surface area contributed by atoms with Crippen molar-refractivity contribution in [2.24, 2.45) is 11.1 Å². The molecule has 0 aliphatic carbocycles. The lowest BCUT2D eigenvalue weighted by Gasteiger charge is -2.21. The lowest BCUT2D eigenvalue weighted by molar-refractivity contribution is -0.126. The van der Waals surface area contributed by atoms with E-state index >= 15 is 0 Å². The molecule has 102 valence electrons. The SMILES string of the molecule is CC1(C(N)=O)CCN(C(=O)c2cc(Br)cnc2Cl)C1. The zero-order valence-corrected chi connectivity index (χ0v) is 12.7. The number of carbonyl (C=O) groups is 2. The molecule has 1 aliphatic heterocycles. The molecule has 5 nitrogen and oxygen atoms in total. The maximum absolute atomic E-state index is 12.4. The molecule has 2 N–H and O–H groups in total. The number of pyridine rings is 1. The van der Waals surface area contributed by atoms with Crippen LogP contribution in [-0.2, 0) is 4.79 Å². The minimum Gasteiger partial charge on any atom is -0.369 e. The summed E-state index contributed by atoms with van der Waals surface area (Å²) < 4.78 is 0.678. The van der Waals surface area contributed by atoms with Gasteiger partial charge in [0.25, 0.3) is 5.91 Å². The van der Waals surface area contributed by atoms with Gasteiger partial charge < -0.3 is 10.6 Å². The van der Waals surface area contributed by atoms with E-state index < -0.39 is 5.41 Å². The Morgan fingerprint density at radius 3 is 2.84 bits per heavy atom. The molecule has 7 heteroatoms. The second kappa shape index (κ2) is 5.09. The number of rotatable bonds is 2. The van der Waals surface area contributed by atoms with Gasteiger partial charge in [0.2, 0.25) is 5.91 Å². The van der Waals surface area contributed by atoms with E-state index in [2.05, 4.69) is 20.9 Å². The highest BCUT2D eigenvalue weighted by Crippen LogP contribution is 2.31. The first-order valence-corrected chi connectivity index (χ1v) is 6.91. The van der Waals surface area contributed by atoms with Crippen molar-refractivity contribution in [1.29, 1.82) is 0 Å². The summed E-state index contributed by atoms with van der Waals surface area (Å²) in [7, 11) is 0. The molecular formula is C12H13BrClN3O2. The first-order chi connectivity index (χ1) is 8.83. The van der Waals surface area contributed by atoms with Crippen molar-refractivity contribution < 1.29 is 9.59 Å². The summed E-state index contributed by atoms with van der Waals surface area (Å²) in [4.78, 5) is 29.3. The average Bonchev–Trinajstić information content (AvgIpc) is 2.76. The Balaban J connectivity index is 2.22. The third-order valence-electron chi connectivity index (χ3n) is 3.39. The predicted octanol–water partition coefficient (Wildman–Crippen LogP) is 1.83. The van der Waals surface area contributed by atoms with Crippen molar-refractivity contribution in [3.63, 3.8) is 0 Å². The third kappa shape index (κ3) is 2.74. The monoisotopic (exact) mass is 345 g/mol. The molecule has 1 atom stereocenters. The third-order valence-corrected chi connectivity index (χ3v) is 4.13. The van der Waals surface area contributed by atoms with Crippen LogP contribution in [0, 0.1) is 5.41 Å². The number of aromatic nitrogens is 1. The van der Waals surface area contributed by atoms with Crippen LogP contribution >= 0.6 is 27.5 Å². The smallest absolute Gasteiger partial charge is 0.257 e. The first-order valence-electron chi connectivity index (χ1n) is 5.74. The maximum atomic E-state index is 12.4. The molecule has 1 aliphatic rings. The minimum atomic E-state index is -0.665. The lowest BCUT2D eigenvalue weighted by atomic mass is 9.89. The number of hydrogen-bond acceptors (Lipinski definition) is 3. The highest BCUT2D eigenvalue weighted by atomic mass is 79.9. The van der Waals surface area contributed by atoms with Gasteiger partial charge in [-0.3, -0.25) is 9.59 Å². The second-order valence-corrected chi connectivity index (χ2v) is 6.17. The fourth-order valence-electron chi connectivity index (χ4n) is 2.08. The lowest BCUT2D eigenvalue weighted by Crippen LogP contribution is -2.38. The van der Waals surface area contributed by atoms with Gasteiger partial charge in [-0.1, -0.05) is 11.6 Å². The quantitative estimate of drug-likeness (QED) is 0.830. The minimum absolute atomic E-state index is 0.154. The van der Waals surface area contributed by atoms with Crippen LogP contribution in [0.3, 0.4) is 0 Å². The number of carbonyl (C=O) groups excluding carboxylic acids is 2. The molecule has 0 spiro atoms. The Labute approximate surface area is 124 Å². The van der Waals surface area contributed by atoms with Gasteiger partial charge in [-0.2, -0.15) is 0 Å². The van der Waals surface area contributed by atoms with E-state index in [1.54, 1.807) is 17.9 Å². The van der Waals surface area contributed by atoms with Crippen molar-refractivity contribution in [2.75, 3.05) is 13.1 Å². The van der Waals surface area contributed by atoms with Crippen LogP contribution in [0.5, 0.6) is 0 Å². The van der Waals surface area contributed by atoms with Crippen molar-refractivity contribution in [3.05, 3.63) is 27.5 Å². The van der Waals surface area contributed by atoms with E-state index in [1.807, 2.05) is 0 Å². The fourth-order valence-corrected chi connectivity index (χ4v) is 2.59. The van der Waals surface area contributed by atoms with Gasteiger partial charge >= 0.3 is 0 Å². The molecule has 19 heavy (non-hydrogen) atoms. The molecule has 1 saturated heterocycles. The van der Waals surface area contributed by atoms with E-state index in [4.69, 9.17) is 17.3 Å². The van der Waals surface area contributed by atoms with Crippen LogP contribution in [-0.4, -0.2) is 34.8 Å². The topological polar surface area (TPSA) is 76.3 Å². The van der Waals surface area contributed by atoms with E-state index in [1.165, 1.54) is 6.20 Å². The number of nitrogens with zero attached hydrogens (tertiary/aromatic N) is 2. The molecule has 2 amide bonds. The molecule has 1 fully saturated rings. The van der Waals surface area contributed by atoms with Gasteiger partial charge in [0, 0.05) is 23.8 Å². The van der Waals surface area contributed by atoms with Gasteiger partial charge in [-0.15, -0.1) is 0 Å². The van der Waals surface area contributed by atoms with Crippen LogP contribution in [0.4, 0.5) is 0 Å². The molecular weight excluding hydrogens is 334 g/mol. The van der Waals surface area contributed by atoms with Crippen LogP contribution in [0.25, 0.3) is 0 Å². The van der Waals surface area contributed by atoms with Crippen molar-refractivity contribution in [3.8, 4) is 0 Å². The van der Waals surface area contributed by atoms with Crippen LogP contribution < -0.4 is 5.73 Å². The number of hydrogen-bond donors (Lipinski definition) is 1. The fraction of sp³-hybridized carbons (Fsp3) is 0.417. The highest BCUT2D eigenvalue weighted by Gasteiger charge is 2.41. The molecule has 0 saturated carbocycles. The summed E-state index contributed by atoms with van der Waals surface area (Å²) in [6, 6.07) is 1.62. The Kier molecular flexibility index (Phi) is 3.82. The van der Waals surface area contributed by atoms with Gasteiger partial charge in [0.1, 0.15) is 5.15 Å². The second-order valence-electron chi connectivity index (χ2n) is 4.89. The van der Waals surface area contributed by atoms with Crippen molar-refractivity contribution >= 4 is 39.3 Å². The standard InChI is InChI=1S/C12H13BrClN3O2/c1-12(11(15)19)2-3-17(6-12)10(18)8-4-7(13)5-16-9(8)14/h4-5H,2-3,6H2,1H3,(H2,15,19). The Bertz CT molecular complexity index is 552. The number of primary amides is 1. The van der Waals surface area contributed by atoms with E-state index in [-0.39, 0.29) is 17.0 Å². The molecule has 2 heterocycles. The maximum Gasteiger partial charge on any atom is 0.257 e. The van der Waals surface area contributed by atoms with Crippen LogP contribution in [0.15, 0.2) is 16.7 Å². The zero-order valence-electron chi connectivity index (χ0n) is 10.3. The summed E-state index contributed by atoms with van der Waals surface area (Å²) in [5.74, 6) is -0.620. The summed E-state index contributed by atoms with van der Waals surface area (Å²) in [6.07, 6.45) is 2.09. The molecule has 1 unspecified atom stereocenters. The molecule has 0 bridgehead atoms. The number of halogens is 2. The Hall–Kier alpha value is -1.14. The van der Waals surface area contributed by atoms with Gasteiger partial charge in [-0.25, -0.2) is 4.98 Å². The summed E-state index contributed by atoms with van der Waals surface area (Å²) in [6.45, 7) is 2.56. The van der Waals surface area contributed by atoms with Gasteiger partial charge in [-0.05, 0) is 35.3 Å². The first kappa shape index (κ1) is 14.3. The average molecular weight is 347 g/mol. The normalized spacial score (nSPS) is 22.6. The highest BCUT2D eigenvalue weighted by molar-refractivity contribution is 9.10. The van der Waals surface area contributed by atoms with Crippen molar-refractivity contribution in [2.45, 2.75) is 13.3 Å². The molecule has 1 aromatic heterocycles. The summed E-state index contributed by atoms with van der Waals surface area (Å²) >= 11 is 9.18. The number of nitrogens with two attached hydrogens (primary N) is 1. The van der Waals surface area contributed by atoms with E-state index in [0.29, 0.717) is 29.5 Å². The number of amides is 2. The van der Waals surface area contributed by atoms with E-state index in [0.717, 1.165) is 0 Å². The zero-order chi connectivity index (χ0) is 14.2. The Morgan fingerprint density at radius 1 is 1.58 bits per heavy atom. The Morgan fingerprint density at radius 2 is 2.26 bits per heavy atom. The van der Waals surface area contributed by atoms with Crippen molar-refractivity contribution in [1.82, 2.24) is 9.88 Å².